The molecular formula is C12H18F3N3. The molecule has 0 unspecified atom stereocenters. The first-order valence-electron chi connectivity index (χ1n) is 5.94. The van der Waals surface area contributed by atoms with Gasteiger partial charge in [-0.1, -0.05) is 6.92 Å². The Balaban J connectivity index is 2.84. The molecule has 6 heteroatoms. The van der Waals surface area contributed by atoms with E-state index in [1.165, 1.54) is 0 Å². The number of alkyl halides is 3. The van der Waals surface area contributed by atoms with Gasteiger partial charge in [-0.2, -0.15) is 13.2 Å². The first-order valence-corrected chi connectivity index (χ1v) is 5.94. The lowest BCUT2D eigenvalue weighted by Gasteiger charge is -2.12. The molecule has 0 aliphatic heterocycles. The first-order chi connectivity index (χ1) is 8.33. The number of nitrogens with zero attached hydrogens (tertiary/aromatic N) is 2. The summed E-state index contributed by atoms with van der Waals surface area (Å²) < 4.78 is 36.8. The maximum absolute atomic E-state index is 12.3. The lowest BCUT2D eigenvalue weighted by atomic mass is 10.1. The van der Waals surface area contributed by atoms with E-state index in [2.05, 4.69) is 15.3 Å². The Labute approximate surface area is 105 Å². The molecule has 18 heavy (non-hydrogen) atoms. The summed E-state index contributed by atoms with van der Waals surface area (Å²) in [4.78, 5) is 7.88. The van der Waals surface area contributed by atoms with Crippen molar-refractivity contribution in [3.63, 3.8) is 0 Å². The molecule has 102 valence electrons. The fourth-order valence-electron chi connectivity index (χ4n) is 1.82. The SMILES string of the molecule is CCNCCc1c(C)nc(CC(F)(F)F)nc1C. The van der Waals surface area contributed by atoms with Crippen molar-refractivity contribution in [1.82, 2.24) is 15.3 Å². The predicted octanol–water partition coefficient (Wildman–Crippen LogP) is 2.35. The number of likely N-dealkylation sites (N-methyl/N-ethyl adjacent to an activating group) is 1. The highest BCUT2D eigenvalue weighted by Gasteiger charge is 2.29. The third-order valence-corrected chi connectivity index (χ3v) is 2.63. The standard InChI is InChI=1S/C12H18F3N3/c1-4-16-6-5-10-8(2)17-11(18-9(10)3)7-12(13,14)15/h16H,4-7H2,1-3H3. The number of nitrogens with one attached hydrogen (secondary N) is 1. The number of aryl methyl sites for hydroxylation is 2. The molecule has 0 aliphatic carbocycles. The van der Waals surface area contributed by atoms with Crippen LogP contribution < -0.4 is 5.32 Å². The Bertz CT molecular complexity index is 379. The van der Waals surface area contributed by atoms with E-state index in [-0.39, 0.29) is 5.82 Å². The minimum Gasteiger partial charge on any atom is -0.317 e. The van der Waals surface area contributed by atoms with E-state index < -0.39 is 12.6 Å². The molecule has 0 atom stereocenters. The van der Waals surface area contributed by atoms with Crippen molar-refractivity contribution >= 4 is 0 Å². The van der Waals surface area contributed by atoms with Crippen molar-refractivity contribution in [3.05, 3.63) is 22.8 Å². The van der Waals surface area contributed by atoms with Gasteiger partial charge in [0.25, 0.3) is 0 Å². The number of hydrogen-bond acceptors (Lipinski definition) is 3. The van der Waals surface area contributed by atoms with Crippen LogP contribution in [0.5, 0.6) is 0 Å². The van der Waals surface area contributed by atoms with Crippen LogP contribution in [-0.4, -0.2) is 29.2 Å². The van der Waals surface area contributed by atoms with Crippen LogP contribution in [0, 0.1) is 13.8 Å². The van der Waals surface area contributed by atoms with Crippen LogP contribution in [0.1, 0.15) is 29.7 Å². The van der Waals surface area contributed by atoms with Crippen molar-refractivity contribution < 1.29 is 13.2 Å². The lowest BCUT2D eigenvalue weighted by molar-refractivity contribution is -0.128. The maximum Gasteiger partial charge on any atom is 0.396 e. The molecule has 0 aromatic carbocycles. The molecule has 1 rings (SSSR count). The van der Waals surface area contributed by atoms with Gasteiger partial charge in [0.1, 0.15) is 12.2 Å². The van der Waals surface area contributed by atoms with Crippen LogP contribution in [0.3, 0.4) is 0 Å². The lowest BCUT2D eigenvalue weighted by Crippen LogP contribution is -2.19. The van der Waals surface area contributed by atoms with E-state index in [0.29, 0.717) is 11.4 Å². The van der Waals surface area contributed by atoms with Gasteiger partial charge in [-0.3, -0.25) is 0 Å². The second kappa shape index (κ2) is 6.13. The quantitative estimate of drug-likeness (QED) is 0.827. The topological polar surface area (TPSA) is 37.8 Å². The third-order valence-electron chi connectivity index (χ3n) is 2.63. The molecule has 0 saturated heterocycles. The zero-order valence-corrected chi connectivity index (χ0v) is 10.9. The van der Waals surface area contributed by atoms with Gasteiger partial charge in [0.05, 0.1) is 0 Å². The van der Waals surface area contributed by atoms with Crippen molar-refractivity contribution in [2.75, 3.05) is 13.1 Å². The highest BCUT2D eigenvalue weighted by Crippen LogP contribution is 2.20. The fourth-order valence-corrected chi connectivity index (χ4v) is 1.82. The fraction of sp³-hybridized carbons (Fsp3) is 0.667. The average molecular weight is 261 g/mol. The third kappa shape index (κ3) is 4.60. The summed E-state index contributed by atoms with van der Waals surface area (Å²) >= 11 is 0. The number of hydrogen-bond donors (Lipinski definition) is 1. The highest BCUT2D eigenvalue weighted by molar-refractivity contribution is 5.24. The smallest absolute Gasteiger partial charge is 0.317 e. The Hall–Kier alpha value is -1.17. The summed E-state index contributed by atoms with van der Waals surface area (Å²) in [5, 5.41) is 3.17. The van der Waals surface area contributed by atoms with E-state index in [9.17, 15) is 13.2 Å². The van der Waals surface area contributed by atoms with Crippen LogP contribution in [0.2, 0.25) is 0 Å². The Morgan fingerprint density at radius 2 is 1.67 bits per heavy atom. The van der Waals surface area contributed by atoms with E-state index in [0.717, 1.165) is 25.1 Å². The van der Waals surface area contributed by atoms with Gasteiger partial charge in [-0.15, -0.1) is 0 Å². The summed E-state index contributed by atoms with van der Waals surface area (Å²) in [7, 11) is 0. The van der Waals surface area contributed by atoms with Gasteiger partial charge in [0, 0.05) is 11.4 Å². The summed E-state index contributed by atoms with van der Waals surface area (Å²) in [5.74, 6) is -0.148. The number of halogens is 3. The van der Waals surface area contributed by atoms with Gasteiger partial charge >= 0.3 is 6.18 Å². The minimum atomic E-state index is -4.26. The van der Waals surface area contributed by atoms with Gasteiger partial charge in [-0.25, -0.2) is 9.97 Å². The van der Waals surface area contributed by atoms with E-state index >= 15 is 0 Å². The minimum absolute atomic E-state index is 0.148. The molecule has 0 amide bonds. The Morgan fingerprint density at radius 3 is 2.11 bits per heavy atom. The predicted molar refractivity (Wildman–Crippen MR) is 63.5 cm³/mol. The largest absolute Gasteiger partial charge is 0.396 e. The molecule has 3 nitrogen and oxygen atoms in total. The van der Waals surface area contributed by atoms with E-state index in [1.807, 2.05) is 6.92 Å². The van der Waals surface area contributed by atoms with Crippen molar-refractivity contribution in [3.8, 4) is 0 Å². The molecule has 0 fully saturated rings. The number of rotatable bonds is 5. The normalized spacial score (nSPS) is 11.9. The zero-order chi connectivity index (χ0) is 13.8. The summed E-state index contributed by atoms with van der Waals surface area (Å²) in [5.41, 5.74) is 2.21. The second-order valence-corrected chi connectivity index (χ2v) is 4.18. The molecule has 0 aliphatic rings. The molecule has 1 heterocycles. The molecule has 1 aromatic heterocycles. The molecule has 0 spiro atoms. The average Bonchev–Trinajstić information content (AvgIpc) is 2.19. The van der Waals surface area contributed by atoms with Crippen LogP contribution in [-0.2, 0) is 12.8 Å². The summed E-state index contributed by atoms with van der Waals surface area (Å²) in [6.45, 7) is 7.11. The Kier molecular flexibility index (Phi) is 5.07. The van der Waals surface area contributed by atoms with E-state index in [1.54, 1.807) is 13.8 Å². The van der Waals surface area contributed by atoms with Gasteiger partial charge in [0.2, 0.25) is 0 Å². The van der Waals surface area contributed by atoms with Crippen molar-refractivity contribution in [2.45, 2.75) is 39.8 Å². The second-order valence-electron chi connectivity index (χ2n) is 4.18. The van der Waals surface area contributed by atoms with Crippen LogP contribution in [0.25, 0.3) is 0 Å². The van der Waals surface area contributed by atoms with Gasteiger partial charge in [0.15, 0.2) is 0 Å². The van der Waals surface area contributed by atoms with Crippen LogP contribution >= 0.6 is 0 Å². The molecule has 1 aromatic rings. The number of aromatic nitrogens is 2. The monoisotopic (exact) mass is 261 g/mol. The Morgan fingerprint density at radius 1 is 1.11 bits per heavy atom. The molecule has 0 bridgehead atoms. The molecule has 0 saturated carbocycles. The summed E-state index contributed by atoms with van der Waals surface area (Å²) in [6.07, 6.45) is -4.59. The van der Waals surface area contributed by atoms with Crippen LogP contribution in [0.4, 0.5) is 13.2 Å². The van der Waals surface area contributed by atoms with Crippen molar-refractivity contribution in [1.29, 1.82) is 0 Å². The first kappa shape index (κ1) is 14.9. The van der Waals surface area contributed by atoms with Crippen molar-refractivity contribution in [2.24, 2.45) is 0 Å². The van der Waals surface area contributed by atoms with E-state index in [4.69, 9.17) is 0 Å². The van der Waals surface area contributed by atoms with Gasteiger partial charge < -0.3 is 5.32 Å². The van der Waals surface area contributed by atoms with Gasteiger partial charge in [-0.05, 0) is 38.9 Å². The van der Waals surface area contributed by atoms with Crippen LogP contribution in [0.15, 0.2) is 0 Å². The maximum atomic E-state index is 12.3. The zero-order valence-electron chi connectivity index (χ0n) is 10.9. The molecule has 1 N–H and O–H groups in total. The summed E-state index contributed by atoms with van der Waals surface area (Å²) in [6, 6.07) is 0. The highest BCUT2D eigenvalue weighted by atomic mass is 19.4. The molecule has 0 radical (unpaired) electrons. The molecular weight excluding hydrogens is 243 g/mol.